The number of hydrogen-bond donors (Lipinski definition) is 0. The second-order valence-corrected chi connectivity index (χ2v) is 7.42. The number of hydrogen-bond acceptors (Lipinski definition) is 7. The van der Waals surface area contributed by atoms with Crippen molar-refractivity contribution in [2.45, 2.75) is 13.0 Å². The van der Waals surface area contributed by atoms with E-state index in [2.05, 4.69) is 5.10 Å². The van der Waals surface area contributed by atoms with Gasteiger partial charge in [-0.25, -0.2) is 4.79 Å². The molecule has 0 aliphatic carbocycles. The Kier molecular flexibility index (Phi) is 6.40. The second kappa shape index (κ2) is 9.58. The molecule has 0 unspecified atom stereocenters. The van der Waals surface area contributed by atoms with Crippen molar-refractivity contribution in [3.63, 3.8) is 0 Å². The Balaban J connectivity index is 1.70. The minimum absolute atomic E-state index is 0.0691. The van der Waals surface area contributed by atoms with Crippen LogP contribution in [0, 0.1) is 0 Å². The number of nitrogens with zero attached hydrogens (tertiary/aromatic N) is 2. The number of para-hydroxylation sites is 1. The molecule has 34 heavy (non-hydrogen) atoms. The Bertz CT molecular complexity index is 1430. The summed E-state index contributed by atoms with van der Waals surface area (Å²) in [5.41, 5.74) is 0.306. The van der Waals surface area contributed by atoms with Gasteiger partial charge in [0.2, 0.25) is 5.78 Å². The van der Waals surface area contributed by atoms with Crippen LogP contribution in [0.4, 0.5) is 0 Å². The van der Waals surface area contributed by atoms with Crippen molar-refractivity contribution < 1.29 is 23.8 Å². The highest BCUT2D eigenvalue weighted by molar-refractivity contribution is 6.06. The molecule has 0 radical (unpaired) electrons. The van der Waals surface area contributed by atoms with E-state index < -0.39 is 17.9 Å². The first-order chi connectivity index (χ1) is 16.4. The zero-order valence-corrected chi connectivity index (χ0v) is 18.8. The molecule has 8 nitrogen and oxygen atoms in total. The SMILES string of the molecule is COc1ccc(C(=O)[C@H](C)OC(=O)c2nn(-c3ccccc3)c(=O)c3ccccc23)c(OC)c1. The normalized spacial score (nSPS) is 11.6. The quantitative estimate of drug-likeness (QED) is 0.307. The molecule has 4 aromatic rings. The Labute approximate surface area is 195 Å². The van der Waals surface area contributed by atoms with Crippen LogP contribution in [0.1, 0.15) is 27.8 Å². The molecule has 0 spiro atoms. The summed E-state index contributed by atoms with van der Waals surface area (Å²) in [5.74, 6) is -0.451. The highest BCUT2D eigenvalue weighted by atomic mass is 16.5. The van der Waals surface area contributed by atoms with Crippen LogP contribution >= 0.6 is 0 Å². The summed E-state index contributed by atoms with van der Waals surface area (Å²) in [6, 6.07) is 20.1. The minimum Gasteiger partial charge on any atom is -0.497 e. The molecule has 4 rings (SSSR count). The lowest BCUT2D eigenvalue weighted by Crippen LogP contribution is -2.28. The summed E-state index contributed by atoms with van der Waals surface area (Å²) in [6.45, 7) is 1.47. The molecular formula is C26H22N2O6. The summed E-state index contributed by atoms with van der Waals surface area (Å²) in [4.78, 5) is 39.2. The van der Waals surface area contributed by atoms with Gasteiger partial charge >= 0.3 is 5.97 Å². The second-order valence-electron chi connectivity index (χ2n) is 7.42. The standard InChI is InChI=1S/C26H22N2O6/c1-16(24(29)21-14-13-18(32-2)15-22(21)33-3)34-26(31)23-19-11-7-8-12-20(19)25(30)28(27-23)17-9-5-4-6-10-17/h4-16H,1-3H3/t16-/m0/s1. The van der Waals surface area contributed by atoms with E-state index in [0.29, 0.717) is 28.0 Å². The Morgan fingerprint density at radius 2 is 1.56 bits per heavy atom. The molecule has 8 heteroatoms. The maximum atomic E-state index is 13.2. The fourth-order valence-corrected chi connectivity index (χ4v) is 3.58. The molecule has 0 bridgehead atoms. The molecule has 1 atom stereocenters. The Hall–Kier alpha value is -4.46. The van der Waals surface area contributed by atoms with Crippen molar-refractivity contribution in [2.75, 3.05) is 14.2 Å². The smallest absolute Gasteiger partial charge is 0.360 e. The highest BCUT2D eigenvalue weighted by Gasteiger charge is 2.26. The third-order valence-corrected chi connectivity index (χ3v) is 5.33. The van der Waals surface area contributed by atoms with E-state index in [4.69, 9.17) is 14.2 Å². The van der Waals surface area contributed by atoms with Gasteiger partial charge in [-0.15, -0.1) is 0 Å². The number of ether oxygens (including phenoxy) is 3. The number of rotatable bonds is 7. The molecule has 0 aliphatic heterocycles. The van der Waals surface area contributed by atoms with Crippen LogP contribution in [0.15, 0.2) is 77.6 Å². The first-order valence-corrected chi connectivity index (χ1v) is 10.5. The van der Waals surface area contributed by atoms with Crippen LogP contribution in [0.3, 0.4) is 0 Å². The van der Waals surface area contributed by atoms with Gasteiger partial charge in [-0.2, -0.15) is 9.78 Å². The van der Waals surface area contributed by atoms with Gasteiger partial charge in [-0.1, -0.05) is 36.4 Å². The van der Waals surface area contributed by atoms with Crippen molar-refractivity contribution in [3.05, 3.63) is 94.4 Å². The molecule has 0 amide bonds. The zero-order valence-electron chi connectivity index (χ0n) is 18.8. The van der Waals surface area contributed by atoms with Gasteiger partial charge in [0.25, 0.3) is 5.56 Å². The molecule has 0 aliphatic rings. The first-order valence-electron chi connectivity index (χ1n) is 10.5. The van der Waals surface area contributed by atoms with Gasteiger partial charge in [-0.05, 0) is 37.3 Å². The molecule has 0 N–H and O–H groups in total. The number of benzene rings is 3. The van der Waals surface area contributed by atoms with E-state index in [9.17, 15) is 14.4 Å². The number of fused-ring (bicyclic) bond motifs is 1. The number of aromatic nitrogens is 2. The summed E-state index contributed by atoms with van der Waals surface area (Å²) in [7, 11) is 2.94. The van der Waals surface area contributed by atoms with Crippen LogP contribution < -0.4 is 15.0 Å². The predicted octanol–water partition coefficient (Wildman–Crippen LogP) is 3.83. The van der Waals surface area contributed by atoms with Gasteiger partial charge in [-0.3, -0.25) is 9.59 Å². The average Bonchev–Trinajstić information content (AvgIpc) is 2.88. The third-order valence-electron chi connectivity index (χ3n) is 5.33. The molecule has 0 saturated heterocycles. The van der Waals surface area contributed by atoms with Crippen LogP contribution in [0.2, 0.25) is 0 Å². The summed E-state index contributed by atoms with van der Waals surface area (Å²) in [5, 5.41) is 4.94. The highest BCUT2D eigenvalue weighted by Crippen LogP contribution is 2.26. The van der Waals surface area contributed by atoms with E-state index in [1.54, 1.807) is 66.7 Å². The number of methoxy groups -OCH3 is 2. The maximum absolute atomic E-state index is 13.2. The monoisotopic (exact) mass is 458 g/mol. The van der Waals surface area contributed by atoms with Crippen LogP contribution in [0.5, 0.6) is 11.5 Å². The number of ketones is 1. The van der Waals surface area contributed by atoms with Gasteiger partial charge < -0.3 is 14.2 Å². The molecular weight excluding hydrogens is 436 g/mol. The minimum atomic E-state index is -1.13. The number of Topliss-reactive ketones (excluding diaryl/α,β-unsaturated/α-hetero) is 1. The summed E-state index contributed by atoms with van der Waals surface area (Å²) in [6.07, 6.45) is -1.13. The first kappa shape index (κ1) is 22.7. The number of esters is 1. The average molecular weight is 458 g/mol. The van der Waals surface area contributed by atoms with Crippen molar-refractivity contribution in [1.29, 1.82) is 0 Å². The molecule has 1 aromatic heterocycles. The molecule has 172 valence electrons. The van der Waals surface area contributed by atoms with Crippen molar-refractivity contribution in [1.82, 2.24) is 9.78 Å². The van der Waals surface area contributed by atoms with E-state index in [0.717, 1.165) is 4.68 Å². The maximum Gasteiger partial charge on any atom is 0.360 e. The van der Waals surface area contributed by atoms with E-state index in [1.165, 1.54) is 21.1 Å². The number of carbonyl (C=O) groups is 2. The summed E-state index contributed by atoms with van der Waals surface area (Å²) < 4.78 is 17.1. The van der Waals surface area contributed by atoms with Crippen LogP contribution in [-0.2, 0) is 4.74 Å². The lowest BCUT2D eigenvalue weighted by Gasteiger charge is -2.16. The van der Waals surface area contributed by atoms with E-state index >= 15 is 0 Å². The van der Waals surface area contributed by atoms with Gasteiger partial charge in [0, 0.05) is 11.5 Å². The van der Waals surface area contributed by atoms with Gasteiger partial charge in [0.05, 0.1) is 30.9 Å². The lowest BCUT2D eigenvalue weighted by molar-refractivity contribution is 0.0312. The number of carbonyl (C=O) groups excluding carboxylic acids is 2. The predicted molar refractivity (Wildman–Crippen MR) is 126 cm³/mol. The van der Waals surface area contributed by atoms with Crippen LogP contribution in [-0.4, -0.2) is 41.9 Å². The van der Waals surface area contributed by atoms with Gasteiger partial charge in [0.1, 0.15) is 11.5 Å². The zero-order chi connectivity index (χ0) is 24.2. The molecule has 0 fully saturated rings. The van der Waals surface area contributed by atoms with Crippen molar-refractivity contribution in [2.24, 2.45) is 0 Å². The fraction of sp³-hybridized carbons (Fsp3) is 0.154. The largest absolute Gasteiger partial charge is 0.497 e. The molecule has 3 aromatic carbocycles. The molecule has 0 saturated carbocycles. The third kappa shape index (κ3) is 4.25. The Morgan fingerprint density at radius 1 is 0.882 bits per heavy atom. The van der Waals surface area contributed by atoms with Crippen molar-refractivity contribution in [3.8, 4) is 17.2 Å². The van der Waals surface area contributed by atoms with Gasteiger partial charge in [0.15, 0.2) is 11.8 Å². The topological polar surface area (TPSA) is 96.7 Å². The van der Waals surface area contributed by atoms with Crippen LogP contribution in [0.25, 0.3) is 16.5 Å². The fourth-order valence-electron chi connectivity index (χ4n) is 3.58. The summed E-state index contributed by atoms with van der Waals surface area (Å²) >= 11 is 0. The van der Waals surface area contributed by atoms with Crippen molar-refractivity contribution >= 4 is 22.5 Å². The molecule has 1 heterocycles. The lowest BCUT2D eigenvalue weighted by atomic mass is 10.1. The van der Waals surface area contributed by atoms with E-state index in [1.807, 2.05) is 6.07 Å². The Morgan fingerprint density at radius 3 is 2.24 bits per heavy atom. The van der Waals surface area contributed by atoms with E-state index in [-0.39, 0.29) is 16.8 Å².